The molecule has 0 unspecified atom stereocenters. The van der Waals surface area contributed by atoms with Crippen molar-refractivity contribution in [1.82, 2.24) is 0 Å². The molecule has 2 nitrogen and oxygen atoms in total. The lowest BCUT2D eigenvalue weighted by Gasteiger charge is -2.10. The summed E-state index contributed by atoms with van der Waals surface area (Å²) in [4.78, 5) is 11.9. The van der Waals surface area contributed by atoms with Crippen LogP contribution in [0.2, 0.25) is 5.02 Å². The van der Waals surface area contributed by atoms with Gasteiger partial charge in [0.05, 0.1) is 5.56 Å². The van der Waals surface area contributed by atoms with Gasteiger partial charge in [-0.25, -0.2) is 4.79 Å². The van der Waals surface area contributed by atoms with Crippen LogP contribution in [0.25, 0.3) is 0 Å². The van der Waals surface area contributed by atoms with Gasteiger partial charge in [0.25, 0.3) is 0 Å². The summed E-state index contributed by atoms with van der Waals surface area (Å²) in [7, 11) is 0. The highest BCUT2D eigenvalue weighted by Crippen LogP contribution is 2.33. The molecule has 17 heavy (non-hydrogen) atoms. The van der Waals surface area contributed by atoms with E-state index in [0.717, 1.165) is 16.6 Å². The highest BCUT2D eigenvalue weighted by molar-refractivity contribution is 7.99. The molecule has 0 atom stereocenters. The Balaban J connectivity index is 2.06. The number of carboxylic acids is 1. The molecule has 1 fully saturated rings. The van der Waals surface area contributed by atoms with Crippen molar-refractivity contribution in [1.29, 1.82) is 0 Å². The highest BCUT2D eigenvalue weighted by atomic mass is 35.5. The fraction of sp³-hybridized carbons (Fsp3) is 0.462. The van der Waals surface area contributed by atoms with Gasteiger partial charge in [0.15, 0.2) is 0 Å². The minimum absolute atomic E-state index is 0.320. The quantitative estimate of drug-likeness (QED) is 0.828. The van der Waals surface area contributed by atoms with Gasteiger partial charge in [-0.05, 0) is 37.0 Å². The fourth-order valence-electron chi connectivity index (χ4n) is 2.18. The van der Waals surface area contributed by atoms with Crippen molar-refractivity contribution in [3.63, 3.8) is 0 Å². The van der Waals surface area contributed by atoms with Gasteiger partial charge in [0.1, 0.15) is 0 Å². The van der Waals surface area contributed by atoms with E-state index in [0.29, 0.717) is 10.6 Å². The van der Waals surface area contributed by atoms with E-state index in [4.69, 9.17) is 16.7 Å². The van der Waals surface area contributed by atoms with Gasteiger partial charge >= 0.3 is 5.97 Å². The minimum atomic E-state index is -0.901. The fourth-order valence-corrected chi connectivity index (χ4v) is 3.57. The van der Waals surface area contributed by atoms with Crippen molar-refractivity contribution in [2.45, 2.75) is 30.6 Å². The standard InChI is InChI=1S/C13H15ClO2S/c14-10-5-6-12(11(7-10)13(15)16)17-8-9-3-1-2-4-9/h5-7,9H,1-4,8H2,(H,15,16). The molecule has 0 spiro atoms. The molecule has 0 heterocycles. The highest BCUT2D eigenvalue weighted by Gasteiger charge is 2.17. The molecule has 2 rings (SSSR count). The molecule has 0 aromatic heterocycles. The Labute approximate surface area is 110 Å². The molecule has 0 saturated heterocycles. The first kappa shape index (κ1) is 12.8. The third-order valence-corrected chi connectivity index (χ3v) is 4.66. The Bertz CT molecular complexity index is 414. The zero-order valence-electron chi connectivity index (χ0n) is 9.49. The third kappa shape index (κ3) is 3.39. The molecule has 92 valence electrons. The molecular weight excluding hydrogens is 256 g/mol. The molecule has 0 amide bonds. The lowest BCUT2D eigenvalue weighted by Crippen LogP contribution is -2.01. The van der Waals surface area contributed by atoms with Crippen LogP contribution in [0.5, 0.6) is 0 Å². The molecule has 4 heteroatoms. The Hall–Kier alpha value is -0.670. The SMILES string of the molecule is O=C(O)c1cc(Cl)ccc1SCC1CCCC1. The van der Waals surface area contributed by atoms with E-state index in [1.807, 2.05) is 6.07 Å². The predicted octanol–water partition coefficient (Wildman–Crippen LogP) is 4.32. The van der Waals surface area contributed by atoms with Crippen molar-refractivity contribution < 1.29 is 9.90 Å². The van der Waals surface area contributed by atoms with Crippen LogP contribution in [0, 0.1) is 5.92 Å². The third-order valence-electron chi connectivity index (χ3n) is 3.12. The smallest absolute Gasteiger partial charge is 0.336 e. The van der Waals surface area contributed by atoms with Crippen LogP contribution in [0.3, 0.4) is 0 Å². The summed E-state index contributed by atoms with van der Waals surface area (Å²) in [5, 5.41) is 9.59. The summed E-state index contributed by atoms with van der Waals surface area (Å²) in [5.74, 6) is 0.862. The maximum absolute atomic E-state index is 11.1. The summed E-state index contributed by atoms with van der Waals surface area (Å²) in [6, 6.07) is 5.09. The number of hydrogen-bond acceptors (Lipinski definition) is 2. The van der Waals surface area contributed by atoms with Crippen molar-refractivity contribution >= 4 is 29.3 Å². The Morgan fingerprint density at radius 3 is 2.76 bits per heavy atom. The van der Waals surface area contributed by atoms with Gasteiger partial charge in [-0.15, -0.1) is 11.8 Å². The van der Waals surface area contributed by atoms with E-state index >= 15 is 0 Å². The van der Waals surface area contributed by atoms with Gasteiger partial charge in [0, 0.05) is 15.7 Å². The van der Waals surface area contributed by atoms with Crippen molar-refractivity contribution in [2.24, 2.45) is 5.92 Å². The van der Waals surface area contributed by atoms with E-state index in [9.17, 15) is 4.79 Å². The van der Waals surface area contributed by atoms with E-state index in [1.165, 1.54) is 31.7 Å². The summed E-state index contributed by atoms with van der Waals surface area (Å²) < 4.78 is 0. The number of thioether (sulfide) groups is 1. The van der Waals surface area contributed by atoms with Crippen LogP contribution >= 0.6 is 23.4 Å². The van der Waals surface area contributed by atoms with Gasteiger partial charge in [-0.1, -0.05) is 24.4 Å². The lowest BCUT2D eigenvalue weighted by molar-refractivity contribution is 0.0693. The second-order valence-corrected chi connectivity index (χ2v) is 5.91. The van der Waals surface area contributed by atoms with Crippen LogP contribution in [-0.4, -0.2) is 16.8 Å². The molecular formula is C13H15ClO2S. The lowest BCUT2D eigenvalue weighted by atomic mass is 10.1. The van der Waals surface area contributed by atoms with E-state index in [2.05, 4.69) is 0 Å². The minimum Gasteiger partial charge on any atom is -0.478 e. The van der Waals surface area contributed by atoms with Crippen molar-refractivity contribution in [3.05, 3.63) is 28.8 Å². The normalized spacial score (nSPS) is 16.3. The second kappa shape index (κ2) is 5.78. The average Bonchev–Trinajstić information content (AvgIpc) is 2.80. The van der Waals surface area contributed by atoms with Crippen LogP contribution in [-0.2, 0) is 0 Å². The first-order valence-electron chi connectivity index (χ1n) is 5.82. The zero-order chi connectivity index (χ0) is 12.3. The van der Waals surface area contributed by atoms with Crippen LogP contribution in [0.15, 0.2) is 23.1 Å². The molecule has 1 aliphatic carbocycles. The molecule has 0 bridgehead atoms. The zero-order valence-corrected chi connectivity index (χ0v) is 11.1. The average molecular weight is 271 g/mol. The number of carbonyl (C=O) groups is 1. The van der Waals surface area contributed by atoms with Gasteiger partial charge in [0.2, 0.25) is 0 Å². The predicted molar refractivity (Wildman–Crippen MR) is 71.1 cm³/mol. The van der Waals surface area contributed by atoms with Crippen LogP contribution in [0.1, 0.15) is 36.0 Å². The van der Waals surface area contributed by atoms with Gasteiger partial charge < -0.3 is 5.11 Å². The molecule has 1 aromatic carbocycles. The maximum Gasteiger partial charge on any atom is 0.336 e. The van der Waals surface area contributed by atoms with Gasteiger partial charge in [-0.3, -0.25) is 0 Å². The van der Waals surface area contributed by atoms with Crippen molar-refractivity contribution in [2.75, 3.05) is 5.75 Å². The summed E-state index contributed by atoms with van der Waals surface area (Å²) in [5.41, 5.74) is 0.320. The van der Waals surface area contributed by atoms with E-state index < -0.39 is 5.97 Å². The molecule has 1 aromatic rings. The van der Waals surface area contributed by atoms with Gasteiger partial charge in [-0.2, -0.15) is 0 Å². The molecule has 0 radical (unpaired) electrons. The number of rotatable bonds is 4. The van der Waals surface area contributed by atoms with Crippen LogP contribution < -0.4 is 0 Å². The van der Waals surface area contributed by atoms with E-state index in [-0.39, 0.29) is 0 Å². The number of aromatic carboxylic acids is 1. The second-order valence-electron chi connectivity index (χ2n) is 4.41. The Morgan fingerprint density at radius 1 is 1.41 bits per heavy atom. The largest absolute Gasteiger partial charge is 0.478 e. The number of benzene rings is 1. The number of halogens is 1. The Kier molecular flexibility index (Phi) is 4.35. The van der Waals surface area contributed by atoms with Crippen molar-refractivity contribution in [3.8, 4) is 0 Å². The maximum atomic E-state index is 11.1. The van der Waals surface area contributed by atoms with Crippen LogP contribution in [0.4, 0.5) is 0 Å². The first-order chi connectivity index (χ1) is 8.16. The molecule has 1 saturated carbocycles. The molecule has 1 N–H and O–H groups in total. The summed E-state index contributed by atoms with van der Waals surface area (Å²) in [6.07, 6.45) is 5.20. The monoisotopic (exact) mass is 270 g/mol. The topological polar surface area (TPSA) is 37.3 Å². The molecule has 0 aliphatic heterocycles. The van der Waals surface area contributed by atoms with E-state index in [1.54, 1.807) is 17.8 Å². The first-order valence-corrected chi connectivity index (χ1v) is 7.19. The number of hydrogen-bond donors (Lipinski definition) is 1. The Morgan fingerprint density at radius 2 is 2.12 bits per heavy atom. The summed E-state index contributed by atoms with van der Waals surface area (Å²) in [6.45, 7) is 0. The molecule has 1 aliphatic rings. The summed E-state index contributed by atoms with van der Waals surface area (Å²) >= 11 is 7.46. The number of carboxylic acid groups (broad SMARTS) is 1.